The molecule has 4 rings (SSSR count). The summed E-state index contributed by atoms with van der Waals surface area (Å²) in [4.78, 5) is 37.7. The number of aldehydes is 1. The number of aryl methyl sites for hydroxylation is 1. The van der Waals surface area contributed by atoms with Crippen LogP contribution in [0.2, 0.25) is 0 Å². The van der Waals surface area contributed by atoms with E-state index in [2.05, 4.69) is 15.6 Å². The molecular formula is C24H25N5O4. The van der Waals surface area contributed by atoms with Crippen LogP contribution in [-0.2, 0) is 22.7 Å². The van der Waals surface area contributed by atoms with Crippen LogP contribution in [-0.4, -0.2) is 51.1 Å². The Morgan fingerprint density at radius 3 is 2.76 bits per heavy atom. The van der Waals surface area contributed by atoms with E-state index in [0.717, 1.165) is 17.5 Å². The summed E-state index contributed by atoms with van der Waals surface area (Å²) in [5.41, 5.74) is 3.92. The monoisotopic (exact) mass is 447 g/mol. The third kappa shape index (κ3) is 4.62. The first-order valence-electron chi connectivity index (χ1n) is 10.7. The number of hydrogen-bond donors (Lipinski definition) is 1. The predicted molar refractivity (Wildman–Crippen MR) is 120 cm³/mol. The number of nitrogens with zero attached hydrogens (tertiary/aromatic N) is 4. The van der Waals surface area contributed by atoms with Gasteiger partial charge in [0.1, 0.15) is 30.4 Å². The molecule has 0 fully saturated rings. The lowest BCUT2D eigenvalue weighted by atomic mass is 10.1. The number of fused-ring (bicyclic) bond motifs is 1. The van der Waals surface area contributed by atoms with E-state index in [4.69, 9.17) is 4.74 Å². The minimum Gasteiger partial charge on any atom is -0.487 e. The van der Waals surface area contributed by atoms with E-state index in [1.165, 1.54) is 11.9 Å². The van der Waals surface area contributed by atoms with E-state index < -0.39 is 6.04 Å². The quantitative estimate of drug-likeness (QED) is 0.504. The molecular weight excluding hydrogens is 422 g/mol. The van der Waals surface area contributed by atoms with Crippen molar-refractivity contribution < 1.29 is 19.1 Å². The zero-order valence-electron chi connectivity index (χ0n) is 18.5. The topological polar surface area (TPSA) is 106 Å². The molecule has 0 aliphatic carbocycles. The molecule has 0 spiro atoms. The average molecular weight is 447 g/mol. The van der Waals surface area contributed by atoms with Gasteiger partial charge in [-0.1, -0.05) is 29.0 Å². The maximum Gasteiger partial charge on any atom is 0.255 e. The Hall–Kier alpha value is -4.01. The van der Waals surface area contributed by atoms with Crippen molar-refractivity contribution in [2.24, 2.45) is 0 Å². The second-order valence-electron chi connectivity index (χ2n) is 7.87. The van der Waals surface area contributed by atoms with Crippen molar-refractivity contribution in [3.05, 3.63) is 71.0 Å². The Morgan fingerprint density at radius 1 is 1.24 bits per heavy atom. The van der Waals surface area contributed by atoms with Crippen LogP contribution in [0, 0.1) is 6.92 Å². The highest BCUT2D eigenvalue weighted by Gasteiger charge is 2.37. The van der Waals surface area contributed by atoms with E-state index in [-0.39, 0.29) is 37.8 Å². The SMILES string of the molecule is CNC(=O)C(CCC=O)N1Cc2c(OCc3cn(-c4ccc(C)cc4)nn3)cccc2C1=O. The van der Waals surface area contributed by atoms with Gasteiger partial charge in [0.15, 0.2) is 0 Å². The number of ether oxygens (including phenoxy) is 1. The number of carbonyl (C=O) groups is 3. The molecule has 1 aliphatic heterocycles. The Labute approximate surface area is 191 Å². The first-order valence-corrected chi connectivity index (χ1v) is 10.7. The molecule has 1 unspecified atom stereocenters. The van der Waals surface area contributed by atoms with Gasteiger partial charge in [0.2, 0.25) is 5.91 Å². The molecule has 3 aromatic rings. The summed E-state index contributed by atoms with van der Waals surface area (Å²) in [6, 6.07) is 12.5. The fourth-order valence-electron chi connectivity index (χ4n) is 3.87. The molecule has 33 heavy (non-hydrogen) atoms. The number of likely N-dealkylation sites (N-methyl/N-ethyl adjacent to an activating group) is 1. The van der Waals surface area contributed by atoms with Gasteiger partial charge in [-0.25, -0.2) is 4.68 Å². The minimum atomic E-state index is -0.720. The molecule has 2 heterocycles. The first kappa shape index (κ1) is 22.2. The number of benzene rings is 2. The molecule has 1 atom stereocenters. The molecule has 0 saturated heterocycles. The molecule has 9 heteroatoms. The van der Waals surface area contributed by atoms with Crippen LogP contribution in [0.25, 0.3) is 5.69 Å². The summed E-state index contributed by atoms with van der Waals surface area (Å²) >= 11 is 0. The zero-order valence-corrected chi connectivity index (χ0v) is 18.5. The van der Waals surface area contributed by atoms with E-state index in [1.807, 2.05) is 31.2 Å². The summed E-state index contributed by atoms with van der Waals surface area (Å²) < 4.78 is 7.68. The second kappa shape index (κ2) is 9.64. The number of rotatable bonds is 9. The van der Waals surface area contributed by atoms with Crippen molar-refractivity contribution in [1.82, 2.24) is 25.2 Å². The molecule has 1 N–H and O–H groups in total. The molecule has 0 bridgehead atoms. The lowest BCUT2D eigenvalue weighted by molar-refractivity contribution is -0.125. The van der Waals surface area contributed by atoms with Gasteiger partial charge in [0.25, 0.3) is 5.91 Å². The van der Waals surface area contributed by atoms with Gasteiger partial charge in [-0.2, -0.15) is 0 Å². The Morgan fingerprint density at radius 2 is 2.03 bits per heavy atom. The number of amides is 2. The second-order valence-corrected chi connectivity index (χ2v) is 7.87. The van der Waals surface area contributed by atoms with E-state index >= 15 is 0 Å². The van der Waals surface area contributed by atoms with Crippen molar-refractivity contribution in [3.8, 4) is 11.4 Å². The normalized spacial score (nSPS) is 13.5. The van der Waals surface area contributed by atoms with Crippen molar-refractivity contribution in [1.29, 1.82) is 0 Å². The van der Waals surface area contributed by atoms with Crippen LogP contribution < -0.4 is 10.1 Å². The smallest absolute Gasteiger partial charge is 0.255 e. The van der Waals surface area contributed by atoms with E-state index in [1.54, 1.807) is 29.1 Å². The van der Waals surface area contributed by atoms with Crippen LogP contribution in [0.4, 0.5) is 0 Å². The van der Waals surface area contributed by atoms with Crippen LogP contribution in [0.5, 0.6) is 5.75 Å². The van der Waals surface area contributed by atoms with Crippen LogP contribution in [0.15, 0.2) is 48.7 Å². The lowest BCUT2D eigenvalue weighted by Crippen LogP contribution is -2.46. The standard InChI is InChI=1S/C24H25N5O4/c1-16-8-10-18(11-9-16)29-13-17(26-27-29)15-33-22-7-3-5-19-20(22)14-28(24(19)32)21(6-4-12-30)23(31)25-2/h3,5,7-13,21H,4,6,14-15H2,1-2H3,(H,25,31). The van der Waals surface area contributed by atoms with Gasteiger partial charge in [-0.05, 0) is 37.6 Å². The number of hydrogen-bond acceptors (Lipinski definition) is 6. The van der Waals surface area contributed by atoms with E-state index in [9.17, 15) is 14.4 Å². The molecule has 9 nitrogen and oxygen atoms in total. The van der Waals surface area contributed by atoms with Gasteiger partial charge in [-0.15, -0.1) is 5.10 Å². The van der Waals surface area contributed by atoms with Crippen LogP contribution in [0.1, 0.15) is 40.0 Å². The van der Waals surface area contributed by atoms with Gasteiger partial charge >= 0.3 is 0 Å². The molecule has 0 saturated carbocycles. The maximum atomic E-state index is 13.0. The lowest BCUT2D eigenvalue weighted by Gasteiger charge is -2.25. The molecule has 170 valence electrons. The van der Waals surface area contributed by atoms with Gasteiger partial charge < -0.3 is 19.7 Å². The minimum absolute atomic E-state index is 0.181. The first-order chi connectivity index (χ1) is 16.0. The van der Waals surface area contributed by atoms with Crippen molar-refractivity contribution in [3.63, 3.8) is 0 Å². The molecule has 1 aliphatic rings. The highest BCUT2D eigenvalue weighted by Crippen LogP contribution is 2.33. The number of carbonyl (C=O) groups excluding carboxylic acids is 3. The van der Waals surface area contributed by atoms with Gasteiger partial charge in [0, 0.05) is 24.6 Å². The molecule has 2 aromatic carbocycles. The summed E-state index contributed by atoms with van der Waals surface area (Å²) in [6.07, 6.45) is 3.01. The maximum absolute atomic E-state index is 13.0. The molecule has 1 aromatic heterocycles. The van der Waals surface area contributed by atoms with Crippen molar-refractivity contribution in [2.75, 3.05) is 7.05 Å². The largest absolute Gasteiger partial charge is 0.487 e. The summed E-state index contributed by atoms with van der Waals surface area (Å²) in [5.74, 6) is 0.00717. The van der Waals surface area contributed by atoms with Gasteiger partial charge in [-0.3, -0.25) is 9.59 Å². The Kier molecular flexibility index (Phi) is 6.48. The predicted octanol–water partition coefficient (Wildman–Crippen LogP) is 2.20. The Balaban J connectivity index is 1.49. The summed E-state index contributed by atoms with van der Waals surface area (Å²) in [5, 5.41) is 10.9. The number of aromatic nitrogens is 3. The third-order valence-electron chi connectivity index (χ3n) is 5.65. The molecule has 2 amide bonds. The molecule has 0 radical (unpaired) electrons. The Bertz CT molecular complexity index is 1170. The highest BCUT2D eigenvalue weighted by atomic mass is 16.5. The van der Waals surface area contributed by atoms with Crippen molar-refractivity contribution in [2.45, 2.75) is 39.0 Å². The summed E-state index contributed by atoms with van der Waals surface area (Å²) in [6.45, 7) is 2.44. The summed E-state index contributed by atoms with van der Waals surface area (Å²) in [7, 11) is 1.52. The highest BCUT2D eigenvalue weighted by molar-refractivity contribution is 6.01. The zero-order chi connectivity index (χ0) is 23.4. The van der Waals surface area contributed by atoms with Gasteiger partial charge in [0.05, 0.1) is 18.4 Å². The average Bonchev–Trinajstić information content (AvgIpc) is 3.44. The van der Waals surface area contributed by atoms with E-state index in [0.29, 0.717) is 22.6 Å². The van der Waals surface area contributed by atoms with Crippen LogP contribution >= 0.6 is 0 Å². The third-order valence-corrected chi connectivity index (χ3v) is 5.65. The fraction of sp³-hybridized carbons (Fsp3) is 0.292. The van der Waals surface area contributed by atoms with Crippen LogP contribution in [0.3, 0.4) is 0 Å². The fourth-order valence-corrected chi connectivity index (χ4v) is 3.87. The van der Waals surface area contributed by atoms with Crippen molar-refractivity contribution >= 4 is 18.1 Å². The number of nitrogens with one attached hydrogen (secondary N) is 1.